The second kappa shape index (κ2) is 5.03. The summed E-state index contributed by atoms with van der Waals surface area (Å²) in [7, 11) is 1.63. The van der Waals surface area contributed by atoms with E-state index in [1.807, 2.05) is 18.2 Å². The molecule has 1 fully saturated rings. The van der Waals surface area contributed by atoms with Gasteiger partial charge in [-0.3, -0.25) is 0 Å². The van der Waals surface area contributed by atoms with Crippen molar-refractivity contribution in [2.75, 3.05) is 25.6 Å². The van der Waals surface area contributed by atoms with E-state index in [0.29, 0.717) is 13.2 Å². The van der Waals surface area contributed by atoms with E-state index < -0.39 is 6.10 Å². The Morgan fingerprint density at radius 3 is 2.94 bits per heavy atom. The highest BCUT2D eigenvalue weighted by atomic mass is 79.9. The lowest BCUT2D eigenvalue weighted by molar-refractivity contribution is 0.125. The van der Waals surface area contributed by atoms with Crippen LogP contribution in [-0.4, -0.2) is 37.6 Å². The SMILES string of the molecule is COc1ccc(Br)c(NC2COCC2O)c1. The number of aliphatic hydroxyl groups excluding tert-OH is 1. The van der Waals surface area contributed by atoms with Gasteiger partial charge in [0, 0.05) is 10.5 Å². The fraction of sp³-hybridized carbons (Fsp3) is 0.455. The summed E-state index contributed by atoms with van der Waals surface area (Å²) < 4.78 is 11.3. The molecular formula is C11H14BrNO3. The number of benzene rings is 1. The Morgan fingerprint density at radius 2 is 2.31 bits per heavy atom. The molecule has 0 radical (unpaired) electrons. The van der Waals surface area contributed by atoms with Crippen molar-refractivity contribution in [2.24, 2.45) is 0 Å². The molecule has 88 valence electrons. The number of methoxy groups -OCH3 is 1. The van der Waals surface area contributed by atoms with Gasteiger partial charge in [0.05, 0.1) is 38.2 Å². The number of anilines is 1. The Labute approximate surface area is 103 Å². The van der Waals surface area contributed by atoms with E-state index in [9.17, 15) is 5.11 Å². The maximum atomic E-state index is 9.63. The van der Waals surface area contributed by atoms with Crippen LogP contribution >= 0.6 is 15.9 Å². The fourth-order valence-electron chi connectivity index (χ4n) is 1.62. The van der Waals surface area contributed by atoms with Gasteiger partial charge in [-0.2, -0.15) is 0 Å². The molecule has 1 heterocycles. The molecule has 0 spiro atoms. The number of aliphatic hydroxyl groups is 1. The van der Waals surface area contributed by atoms with Crippen molar-refractivity contribution in [1.29, 1.82) is 0 Å². The minimum atomic E-state index is -0.460. The fourth-order valence-corrected chi connectivity index (χ4v) is 1.98. The van der Waals surface area contributed by atoms with E-state index in [1.165, 1.54) is 0 Å². The van der Waals surface area contributed by atoms with Gasteiger partial charge in [0.2, 0.25) is 0 Å². The summed E-state index contributed by atoms with van der Waals surface area (Å²) in [6.45, 7) is 0.907. The van der Waals surface area contributed by atoms with Crippen molar-refractivity contribution in [3.63, 3.8) is 0 Å². The Hall–Kier alpha value is -0.780. The van der Waals surface area contributed by atoms with Crippen LogP contribution in [0.5, 0.6) is 5.75 Å². The molecule has 0 amide bonds. The maximum absolute atomic E-state index is 9.63. The first-order valence-electron chi connectivity index (χ1n) is 5.06. The monoisotopic (exact) mass is 287 g/mol. The molecule has 16 heavy (non-hydrogen) atoms. The molecule has 0 saturated carbocycles. The van der Waals surface area contributed by atoms with Crippen molar-refractivity contribution < 1.29 is 14.6 Å². The van der Waals surface area contributed by atoms with Crippen LogP contribution in [0.3, 0.4) is 0 Å². The average Bonchev–Trinajstić information content (AvgIpc) is 2.68. The zero-order valence-electron chi connectivity index (χ0n) is 8.94. The van der Waals surface area contributed by atoms with Gasteiger partial charge in [-0.05, 0) is 28.1 Å². The third-order valence-electron chi connectivity index (χ3n) is 2.56. The van der Waals surface area contributed by atoms with E-state index in [0.717, 1.165) is 15.9 Å². The second-order valence-corrected chi connectivity index (χ2v) is 4.56. The molecule has 0 aliphatic carbocycles. The van der Waals surface area contributed by atoms with Crippen LogP contribution in [0.25, 0.3) is 0 Å². The Morgan fingerprint density at radius 1 is 1.50 bits per heavy atom. The summed E-state index contributed by atoms with van der Waals surface area (Å²) in [5.74, 6) is 0.777. The van der Waals surface area contributed by atoms with Crippen LogP contribution < -0.4 is 10.1 Å². The molecular weight excluding hydrogens is 274 g/mol. The normalized spacial score (nSPS) is 24.4. The average molecular weight is 288 g/mol. The van der Waals surface area contributed by atoms with Crippen LogP contribution in [0, 0.1) is 0 Å². The lowest BCUT2D eigenvalue weighted by Gasteiger charge is -2.17. The van der Waals surface area contributed by atoms with Crippen molar-refractivity contribution in [1.82, 2.24) is 0 Å². The Balaban J connectivity index is 2.13. The van der Waals surface area contributed by atoms with Crippen LogP contribution in [-0.2, 0) is 4.74 Å². The van der Waals surface area contributed by atoms with Crippen LogP contribution in [0.1, 0.15) is 0 Å². The molecule has 0 bridgehead atoms. The number of halogens is 1. The van der Waals surface area contributed by atoms with Crippen molar-refractivity contribution in [3.8, 4) is 5.75 Å². The van der Waals surface area contributed by atoms with Gasteiger partial charge in [-0.1, -0.05) is 0 Å². The maximum Gasteiger partial charge on any atom is 0.121 e. The minimum Gasteiger partial charge on any atom is -0.497 e. The largest absolute Gasteiger partial charge is 0.497 e. The molecule has 1 aromatic carbocycles. The highest BCUT2D eigenvalue weighted by molar-refractivity contribution is 9.10. The summed E-state index contributed by atoms with van der Waals surface area (Å²) in [6, 6.07) is 5.60. The summed E-state index contributed by atoms with van der Waals surface area (Å²) in [6.07, 6.45) is -0.460. The standard InChI is InChI=1S/C11H14BrNO3/c1-15-7-2-3-8(12)9(4-7)13-10-5-16-6-11(10)14/h2-4,10-11,13-14H,5-6H2,1H3. The van der Waals surface area contributed by atoms with E-state index in [4.69, 9.17) is 9.47 Å². The van der Waals surface area contributed by atoms with Gasteiger partial charge < -0.3 is 19.9 Å². The van der Waals surface area contributed by atoms with E-state index in [1.54, 1.807) is 7.11 Å². The Kier molecular flexibility index (Phi) is 3.68. The summed E-state index contributed by atoms with van der Waals surface area (Å²) in [5.41, 5.74) is 0.897. The third-order valence-corrected chi connectivity index (χ3v) is 3.26. The zero-order chi connectivity index (χ0) is 11.5. The number of hydrogen-bond donors (Lipinski definition) is 2. The van der Waals surface area contributed by atoms with Crippen molar-refractivity contribution in [3.05, 3.63) is 22.7 Å². The van der Waals surface area contributed by atoms with E-state index in [-0.39, 0.29) is 6.04 Å². The zero-order valence-corrected chi connectivity index (χ0v) is 10.5. The molecule has 2 N–H and O–H groups in total. The van der Waals surface area contributed by atoms with E-state index >= 15 is 0 Å². The Bertz CT molecular complexity index is 372. The first-order chi connectivity index (χ1) is 7.70. The third kappa shape index (κ3) is 2.48. The summed E-state index contributed by atoms with van der Waals surface area (Å²) in [4.78, 5) is 0. The summed E-state index contributed by atoms with van der Waals surface area (Å²) in [5, 5.41) is 12.9. The quantitative estimate of drug-likeness (QED) is 0.887. The highest BCUT2D eigenvalue weighted by Gasteiger charge is 2.26. The first-order valence-corrected chi connectivity index (χ1v) is 5.86. The van der Waals surface area contributed by atoms with Gasteiger partial charge in [0.15, 0.2) is 0 Å². The predicted molar refractivity (Wildman–Crippen MR) is 64.9 cm³/mol. The van der Waals surface area contributed by atoms with Crippen LogP contribution in [0.4, 0.5) is 5.69 Å². The molecule has 2 rings (SSSR count). The van der Waals surface area contributed by atoms with Crippen LogP contribution in [0.15, 0.2) is 22.7 Å². The lowest BCUT2D eigenvalue weighted by atomic mass is 10.2. The van der Waals surface area contributed by atoms with Crippen molar-refractivity contribution >= 4 is 21.6 Å². The molecule has 2 unspecified atom stereocenters. The second-order valence-electron chi connectivity index (χ2n) is 3.70. The van der Waals surface area contributed by atoms with Gasteiger partial charge in [0.1, 0.15) is 5.75 Å². The topological polar surface area (TPSA) is 50.7 Å². The molecule has 1 aromatic rings. The van der Waals surface area contributed by atoms with Gasteiger partial charge in [-0.15, -0.1) is 0 Å². The smallest absolute Gasteiger partial charge is 0.121 e. The highest BCUT2D eigenvalue weighted by Crippen LogP contribution is 2.28. The number of ether oxygens (including phenoxy) is 2. The molecule has 1 aliphatic heterocycles. The molecule has 5 heteroatoms. The lowest BCUT2D eigenvalue weighted by Crippen LogP contribution is -2.31. The van der Waals surface area contributed by atoms with Gasteiger partial charge in [-0.25, -0.2) is 0 Å². The van der Waals surface area contributed by atoms with Gasteiger partial charge in [0.25, 0.3) is 0 Å². The first kappa shape index (κ1) is 11.7. The number of hydrogen-bond acceptors (Lipinski definition) is 4. The van der Waals surface area contributed by atoms with E-state index in [2.05, 4.69) is 21.2 Å². The minimum absolute atomic E-state index is 0.0663. The number of nitrogens with one attached hydrogen (secondary N) is 1. The van der Waals surface area contributed by atoms with Gasteiger partial charge >= 0.3 is 0 Å². The number of rotatable bonds is 3. The molecule has 1 aliphatic rings. The predicted octanol–water partition coefficient (Wildman–Crippen LogP) is 1.63. The molecule has 1 saturated heterocycles. The molecule has 0 aromatic heterocycles. The summed E-state index contributed by atoms with van der Waals surface area (Å²) >= 11 is 3.45. The molecule has 2 atom stereocenters. The van der Waals surface area contributed by atoms with Crippen LogP contribution in [0.2, 0.25) is 0 Å². The van der Waals surface area contributed by atoms with Crippen molar-refractivity contribution in [2.45, 2.75) is 12.1 Å². The molecule has 4 nitrogen and oxygen atoms in total.